The van der Waals surface area contributed by atoms with Gasteiger partial charge < -0.3 is 0 Å². The summed E-state index contributed by atoms with van der Waals surface area (Å²) in [5, 5.41) is 3.95. The van der Waals surface area contributed by atoms with E-state index in [9.17, 15) is 9.18 Å². The minimum Gasteiger partial charge on any atom is -0.294 e. The maximum absolute atomic E-state index is 12.9. The Bertz CT molecular complexity index is 565. The number of aromatic nitrogens is 2. The average Bonchev–Trinajstić information content (AvgIpc) is 2.70. The fourth-order valence-corrected chi connectivity index (χ4v) is 1.71. The number of carbonyl (C=O) groups is 1. The van der Waals surface area contributed by atoms with Crippen LogP contribution in [0.5, 0.6) is 0 Å². The number of Topliss-reactive ketones (excluding diaryl/α,β-unsaturated/α-hetero) is 1. The molecule has 88 valence electrons. The summed E-state index contributed by atoms with van der Waals surface area (Å²) in [6, 6.07) is 4.27. The number of hydrogen-bond acceptors (Lipinski definition) is 2. The standard InChI is InChI=1S/C12H10ClFN2O/c1-16-7-9(6-15-16)12(17)5-8-2-3-11(14)10(13)4-8/h2-4,6-7H,5H2,1H3. The first-order valence-corrected chi connectivity index (χ1v) is 5.40. The lowest BCUT2D eigenvalue weighted by Gasteiger charge is -2.00. The van der Waals surface area contributed by atoms with Crippen LogP contribution in [0, 0.1) is 5.82 Å². The van der Waals surface area contributed by atoms with E-state index in [0.29, 0.717) is 11.1 Å². The van der Waals surface area contributed by atoms with Crippen LogP contribution in [0.1, 0.15) is 15.9 Å². The van der Waals surface area contributed by atoms with Gasteiger partial charge in [-0.1, -0.05) is 17.7 Å². The predicted molar refractivity (Wildman–Crippen MR) is 62.7 cm³/mol. The van der Waals surface area contributed by atoms with Crippen molar-refractivity contribution < 1.29 is 9.18 Å². The van der Waals surface area contributed by atoms with E-state index in [2.05, 4.69) is 5.10 Å². The topological polar surface area (TPSA) is 34.9 Å². The second-order valence-electron chi connectivity index (χ2n) is 3.75. The highest BCUT2D eigenvalue weighted by Gasteiger charge is 2.10. The summed E-state index contributed by atoms with van der Waals surface area (Å²) < 4.78 is 14.5. The fourth-order valence-electron chi connectivity index (χ4n) is 1.50. The fraction of sp³-hybridized carbons (Fsp3) is 0.167. The number of benzene rings is 1. The summed E-state index contributed by atoms with van der Waals surface area (Å²) in [5.74, 6) is -0.551. The first-order valence-electron chi connectivity index (χ1n) is 5.02. The van der Waals surface area contributed by atoms with Gasteiger partial charge >= 0.3 is 0 Å². The van der Waals surface area contributed by atoms with E-state index in [4.69, 9.17) is 11.6 Å². The molecule has 0 aliphatic heterocycles. The van der Waals surface area contributed by atoms with E-state index in [1.54, 1.807) is 24.0 Å². The van der Waals surface area contributed by atoms with Gasteiger partial charge in [-0.15, -0.1) is 0 Å². The zero-order valence-electron chi connectivity index (χ0n) is 9.15. The van der Waals surface area contributed by atoms with Gasteiger partial charge in [0, 0.05) is 19.7 Å². The summed E-state index contributed by atoms with van der Waals surface area (Å²) in [6.07, 6.45) is 3.34. The summed E-state index contributed by atoms with van der Waals surface area (Å²) in [5.41, 5.74) is 1.22. The minimum absolute atomic E-state index is 0.0292. The van der Waals surface area contributed by atoms with Gasteiger partial charge in [0.15, 0.2) is 5.78 Å². The average molecular weight is 253 g/mol. The van der Waals surface area contributed by atoms with Crippen LogP contribution in [0.2, 0.25) is 5.02 Å². The van der Waals surface area contributed by atoms with E-state index in [1.165, 1.54) is 18.3 Å². The maximum atomic E-state index is 12.9. The van der Waals surface area contributed by atoms with Crippen LogP contribution in [-0.2, 0) is 13.5 Å². The van der Waals surface area contributed by atoms with Gasteiger partial charge in [0.25, 0.3) is 0 Å². The first-order chi connectivity index (χ1) is 8.06. The number of ketones is 1. The van der Waals surface area contributed by atoms with E-state index < -0.39 is 5.82 Å². The summed E-state index contributed by atoms with van der Waals surface area (Å²) in [6.45, 7) is 0. The second-order valence-corrected chi connectivity index (χ2v) is 4.16. The molecule has 3 nitrogen and oxygen atoms in total. The molecule has 1 aromatic heterocycles. The summed E-state index contributed by atoms with van der Waals surface area (Å²) >= 11 is 5.64. The first kappa shape index (κ1) is 11.8. The Morgan fingerprint density at radius 1 is 1.53 bits per heavy atom. The molecule has 0 fully saturated rings. The molecule has 0 unspecified atom stereocenters. The third-order valence-electron chi connectivity index (χ3n) is 2.38. The lowest BCUT2D eigenvalue weighted by molar-refractivity contribution is 0.0993. The van der Waals surface area contributed by atoms with Crippen LogP contribution in [0.3, 0.4) is 0 Å². The van der Waals surface area contributed by atoms with Gasteiger partial charge in [0.1, 0.15) is 5.82 Å². The van der Waals surface area contributed by atoms with E-state index in [-0.39, 0.29) is 17.2 Å². The molecule has 17 heavy (non-hydrogen) atoms. The van der Waals surface area contributed by atoms with Crippen LogP contribution >= 0.6 is 11.6 Å². The molecular weight excluding hydrogens is 243 g/mol. The monoisotopic (exact) mass is 252 g/mol. The molecule has 0 amide bonds. The molecule has 2 rings (SSSR count). The Kier molecular flexibility index (Phi) is 3.24. The van der Waals surface area contributed by atoms with Gasteiger partial charge in [-0.25, -0.2) is 4.39 Å². The van der Waals surface area contributed by atoms with Crippen molar-refractivity contribution >= 4 is 17.4 Å². The Labute approximate surface area is 103 Å². The summed E-state index contributed by atoms with van der Waals surface area (Å²) in [4.78, 5) is 11.8. The molecule has 0 saturated heterocycles. The van der Waals surface area contributed by atoms with Crippen LogP contribution < -0.4 is 0 Å². The lowest BCUT2D eigenvalue weighted by Crippen LogP contribution is -2.02. The van der Waals surface area contributed by atoms with E-state index >= 15 is 0 Å². The van der Waals surface area contributed by atoms with Gasteiger partial charge in [-0.3, -0.25) is 9.48 Å². The molecule has 5 heteroatoms. The Balaban J connectivity index is 2.15. The smallest absolute Gasteiger partial charge is 0.170 e. The van der Waals surface area contributed by atoms with Gasteiger partial charge in [-0.2, -0.15) is 5.10 Å². The normalized spacial score (nSPS) is 10.5. The minimum atomic E-state index is -0.482. The molecule has 0 bridgehead atoms. The third-order valence-corrected chi connectivity index (χ3v) is 2.67. The molecule has 0 saturated carbocycles. The largest absolute Gasteiger partial charge is 0.294 e. The molecule has 0 radical (unpaired) electrons. The van der Waals surface area contributed by atoms with E-state index in [0.717, 1.165) is 0 Å². The highest BCUT2D eigenvalue weighted by Crippen LogP contribution is 2.17. The van der Waals surface area contributed by atoms with Gasteiger partial charge in [0.05, 0.1) is 16.8 Å². The number of hydrogen-bond donors (Lipinski definition) is 0. The highest BCUT2D eigenvalue weighted by molar-refractivity contribution is 6.30. The summed E-state index contributed by atoms with van der Waals surface area (Å²) in [7, 11) is 1.74. The van der Waals surface area contributed by atoms with Crippen molar-refractivity contribution in [1.82, 2.24) is 9.78 Å². The van der Waals surface area contributed by atoms with Gasteiger partial charge in [-0.05, 0) is 17.7 Å². The van der Waals surface area contributed by atoms with Crippen molar-refractivity contribution in [2.75, 3.05) is 0 Å². The third kappa shape index (κ3) is 2.71. The number of rotatable bonds is 3. The molecule has 0 atom stereocenters. The SMILES string of the molecule is Cn1cc(C(=O)Cc2ccc(F)c(Cl)c2)cn1. The Morgan fingerprint density at radius 2 is 2.29 bits per heavy atom. The van der Waals surface area contributed by atoms with Crippen molar-refractivity contribution in [3.8, 4) is 0 Å². The molecule has 1 aromatic carbocycles. The Hall–Kier alpha value is -1.68. The van der Waals surface area contributed by atoms with Crippen molar-refractivity contribution in [2.24, 2.45) is 7.05 Å². The van der Waals surface area contributed by atoms with Crippen molar-refractivity contribution in [3.05, 3.63) is 52.6 Å². The molecule has 0 aliphatic rings. The van der Waals surface area contributed by atoms with Crippen molar-refractivity contribution in [1.29, 1.82) is 0 Å². The quantitative estimate of drug-likeness (QED) is 0.787. The number of carbonyl (C=O) groups excluding carboxylic acids is 1. The highest BCUT2D eigenvalue weighted by atomic mass is 35.5. The van der Waals surface area contributed by atoms with Crippen LogP contribution in [0.4, 0.5) is 4.39 Å². The zero-order chi connectivity index (χ0) is 12.4. The van der Waals surface area contributed by atoms with Crippen molar-refractivity contribution in [2.45, 2.75) is 6.42 Å². The molecule has 0 N–H and O–H groups in total. The molecule has 0 aliphatic carbocycles. The molecular formula is C12H10ClFN2O. The van der Waals surface area contributed by atoms with Crippen LogP contribution in [0.25, 0.3) is 0 Å². The van der Waals surface area contributed by atoms with Crippen LogP contribution in [-0.4, -0.2) is 15.6 Å². The lowest BCUT2D eigenvalue weighted by atomic mass is 10.1. The number of aryl methyl sites for hydroxylation is 1. The van der Waals surface area contributed by atoms with Crippen LogP contribution in [0.15, 0.2) is 30.6 Å². The zero-order valence-corrected chi connectivity index (χ0v) is 9.91. The number of nitrogens with zero attached hydrogens (tertiary/aromatic N) is 2. The number of halogens is 2. The molecule has 1 heterocycles. The molecule has 0 spiro atoms. The van der Waals surface area contributed by atoms with Gasteiger partial charge in [0.2, 0.25) is 0 Å². The second kappa shape index (κ2) is 4.67. The maximum Gasteiger partial charge on any atom is 0.170 e. The Morgan fingerprint density at radius 3 is 2.88 bits per heavy atom. The van der Waals surface area contributed by atoms with Crippen molar-refractivity contribution in [3.63, 3.8) is 0 Å². The molecule has 2 aromatic rings. The predicted octanol–water partition coefficient (Wildman–Crippen LogP) is 2.64. The van der Waals surface area contributed by atoms with E-state index in [1.807, 2.05) is 0 Å².